The van der Waals surface area contributed by atoms with Gasteiger partial charge in [-0.1, -0.05) is 36.8 Å². The van der Waals surface area contributed by atoms with Gasteiger partial charge in [0.1, 0.15) is 0 Å². The molecular formula is C21H24N2O3S. The van der Waals surface area contributed by atoms with Gasteiger partial charge in [0.25, 0.3) is 11.1 Å². The van der Waals surface area contributed by atoms with Crippen LogP contribution in [0.5, 0.6) is 0 Å². The molecule has 1 aromatic rings. The monoisotopic (exact) mass is 384 g/mol. The molecule has 3 atom stereocenters. The van der Waals surface area contributed by atoms with Crippen molar-refractivity contribution in [1.82, 2.24) is 10.2 Å². The topological polar surface area (TPSA) is 66.5 Å². The van der Waals surface area contributed by atoms with Gasteiger partial charge < -0.3 is 5.32 Å². The van der Waals surface area contributed by atoms with Crippen molar-refractivity contribution < 1.29 is 14.4 Å². The molecule has 0 spiro atoms. The lowest BCUT2D eigenvalue weighted by Gasteiger charge is -2.21. The molecule has 4 rings (SSSR count). The van der Waals surface area contributed by atoms with Gasteiger partial charge in [0, 0.05) is 19.5 Å². The lowest BCUT2D eigenvalue weighted by Crippen LogP contribution is -2.38. The van der Waals surface area contributed by atoms with Gasteiger partial charge in [-0.3, -0.25) is 19.3 Å². The average Bonchev–Trinajstić information content (AvgIpc) is 3.34. The van der Waals surface area contributed by atoms with Gasteiger partial charge in [0.2, 0.25) is 5.91 Å². The van der Waals surface area contributed by atoms with Crippen LogP contribution in [0.3, 0.4) is 0 Å². The summed E-state index contributed by atoms with van der Waals surface area (Å²) in [5.74, 6) is 1.84. The van der Waals surface area contributed by atoms with Gasteiger partial charge in [0.15, 0.2) is 0 Å². The number of amides is 3. The first-order valence-corrected chi connectivity index (χ1v) is 10.5. The Morgan fingerprint density at radius 3 is 2.70 bits per heavy atom. The minimum absolute atomic E-state index is 0.0411. The highest BCUT2D eigenvalue weighted by atomic mass is 32.2. The number of rotatable bonds is 6. The fourth-order valence-electron chi connectivity index (χ4n) is 4.64. The van der Waals surface area contributed by atoms with Gasteiger partial charge in [-0.25, -0.2) is 0 Å². The number of imide groups is 1. The second-order valence-electron chi connectivity index (χ2n) is 7.73. The average molecular weight is 385 g/mol. The zero-order chi connectivity index (χ0) is 18.8. The van der Waals surface area contributed by atoms with Gasteiger partial charge in [-0.2, -0.15) is 0 Å². The Bertz CT molecular complexity index is 777. The van der Waals surface area contributed by atoms with Crippen LogP contribution >= 0.6 is 11.8 Å². The van der Waals surface area contributed by atoms with E-state index in [1.807, 2.05) is 30.3 Å². The van der Waals surface area contributed by atoms with Crippen LogP contribution in [0.1, 0.15) is 37.7 Å². The fraction of sp³-hybridized carbons (Fsp3) is 0.476. The van der Waals surface area contributed by atoms with Crippen LogP contribution in [-0.2, 0) is 9.59 Å². The minimum Gasteiger partial charge on any atom is -0.354 e. The number of benzene rings is 1. The molecule has 3 fully saturated rings. The van der Waals surface area contributed by atoms with Gasteiger partial charge in [-0.05, 0) is 60.4 Å². The lowest BCUT2D eigenvalue weighted by atomic mass is 9.86. The quantitative estimate of drug-likeness (QED) is 0.760. The molecule has 5 nitrogen and oxygen atoms in total. The van der Waals surface area contributed by atoms with E-state index < -0.39 is 0 Å². The first-order valence-electron chi connectivity index (χ1n) is 9.67. The molecule has 3 amide bonds. The zero-order valence-corrected chi connectivity index (χ0v) is 16.0. The summed E-state index contributed by atoms with van der Waals surface area (Å²) < 4.78 is 0. The van der Waals surface area contributed by atoms with E-state index in [9.17, 15) is 14.4 Å². The molecule has 2 saturated carbocycles. The molecule has 0 radical (unpaired) electrons. The highest BCUT2D eigenvalue weighted by molar-refractivity contribution is 8.18. The van der Waals surface area contributed by atoms with Crippen LogP contribution in [0.2, 0.25) is 0 Å². The van der Waals surface area contributed by atoms with Crippen LogP contribution in [0.15, 0.2) is 35.2 Å². The van der Waals surface area contributed by atoms with E-state index in [4.69, 9.17) is 0 Å². The Hall–Kier alpha value is -2.08. The number of hydrogen-bond acceptors (Lipinski definition) is 4. The molecule has 0 aromatic heterocycles. The largest absolute Gasteiger partial charge is 0.354 e. The summed E-state index contributed by atoms with van der Waals surface area (Å²) in [6, 6.07) is 9.47. The third-order valence-electron chi connectivity index (χ3n) is 5.96. The van der Waals surface area contributed by atoms with Gasteiger partial charge in [0.05, 0.1) is 4.91 Å². The number of carbonyl (C=O) groups is 3. The Morgan fingerprint density at radius 1 is 1.19 bits per heavy atom. The van der Waals surface area contributed by atoms with Crippen molar-refractivity contribution in [1.29, 1.82) is 0 Å². The standard InChI is InChI=1S/C21H24N2O3S/c24-19(13-17-11-15-6-7-16(17)10-15)22-8-9-23-20(25)18(27-21(23)26)12-14-4-2-1-3-5-14/h1-5,12,15-17H,6-11,13H2,(H,22,24)/b18-12-/t15-,16-,17-/m0/s1. The Balaban J connectivity index is 1.26. The minimum atomic E-state index is -0.281. The van der Waals surface area contributed by atoms with Crippen LogP contribution in [0, 0.1) is 17.8 Å². The van der Waals surface area contributed by atoms with Crippen LogP contribution in [-0.4, -0.2) is 35.0 Å². The number of hydrogen-bond donors (Lipinski definition) is 1. The number of fused-ring (bicyclic) bond motifs is 2. The number of thioether (sulfide) groups is 1. The molecule has 3 aliphatic rings. The number of nitrogens with zero attached hydrogens (tertiary/aromatic N) is 1. The molecule has 27 heavy (non-hydrogen) atoms. The molecule has 1 heterocycles. The Kier molecular flexibility index (Phi) is 5.34. The molecule has 2 aliphatic carbocycles. The van der Waals surface area contributed by atoms with E-state index in [-0.39, 0.29) is 23.6 Å². The van der Waals surface area contributed by atoms with E-state index in [1.54, 1.807) is 6.08 Å². The first-order chi connectivity index (χ1) is 13.1. The highest BCUT2D eigenvalue weighted by Crippen LogP contribution is 2.49. The van der Waals surface area contributed by atoms with Crippen molar-refractivity contribution in [3.05, 3.63) is 40.8 Å². The van der Waals surface area contributed by atoms with Gasteiger partial charge in [-0.15, -0.1) is 0 Å². The van der Waals surface area contributed by atoms with Crippen molar-refractivity contribution in [3.63, 3.8) is 0 Å². The Morgan fingerprint density at radius 2 is 2.00 bits per heavy atom. The predicted molar refractivity (Wildman–Crippen MR) is 106 cm³/mol. The zero-order valence-electron chi connectivity index (χ0n) is 15.2. The summed E-state index contributed by atoms with van der Waals surface area (Å²) in [7, 11) is 0. The van der Waals surface area contributed by atoms with Crippen molar-refractivity contribution in [2.75, 3.05) is 13.1 Å². The molecule has 1 aliphatic heterocycles. The first kappa shape index (κ1) is 18.3. The van der Waals surface area contributed by atoms with Crippen LogP contribution in [0.4, 0.5) is 4.79 Å². The number of carbonyl (C=O) groups excluding carboxylic acids is 3. The second-order valence-corrected chi connectivity index (χ2v) is 8.73. The fourth-order valence-corrected chi connectivity index (χ4v) is 5.50. The second kappa shape index (κ2) is 7.89. The summed E-state index contributed by atoms with van der Waals surface area (Å²) in [5, 5.41) is 2.61. The van der Waals surface area contributed by atoms with Crippen LogP contribution < -0.4 is 5.32 Å². The normalized spacial score (nSPS) is 28.4. The molecule has 2 bridgehead atoms. The van der Waals surface area contributed by atoms with Crippen molar-refractivity contribution >= 4 is 34.9 Å². The van der Waals surface area contributed by atoms with E-state index in [0.717, 1.165) is 29.2 Å². The summed E-state index contributed by atoms with van der Waals surface area (Å²) in [5.41, 5.74) is 0.891. The molecular weight excluding hydrogens is 360 g/mol. The predicted octanol–water partition coefficient (Wildman–Crippen LogP) is 3.67. The van der Waals surface area contributed by atoms with E-state index in [2.05, 4.69) is 5.32 Å². The molecule has 142 valence electrons. The molecule has 6 heteroatoms. The molecule has 0 unspecified atom stereocenters. The SMILES string of the molecule is O=C(C[C@@H]1C[C@H]2CC[C@H]1C2)NCCN1C(=O)S/C(=C\c2ccccc2)C1=O. The van der Waals surface area contributed by atoms with Crippen molar-refractivity contribution in [2.24, 2.45) is 17.8 Å². The maximum Gasteiger partial charge on any atom is 0.293 e. The summed E-state index contributed by atoms with van der Waals surface area (Å²) in [4.78, 5) is 38.5. The lowest BCUT2D eigenvalue weighted by molar-refractivity contribution is -0.124. The maximum atomic E-state index is 12.5. The third kappa shape index (κ3) is 4.10. The van der Waals surface area contributed by atoms with E-state index in [1.165, 1.54) is 30.6 Å². The molecule has 1 saturated heterocycles. The van der Waals surface area contributed by atoms with E-state index in [0.29, 0.717) is 23.8 Å². The van der Waals surface area contributed by atoms with Gasteiger partial charge >= 0.3 is 0 Å². The maximum absolute atomic E-state index is 12.5. The van der Waals surface area contributed by atoms with Crippen molar-refractivity contribution in [2.45, 2.75) is 32.1 Å². The third-order valence-corrected chi connectivity index (χ3v) is 6.87. The number of nitrogens with one attached hydrogen (secondary N) is 1. The summed E-state index contributed by atoms with van der Waals surface area (Å²) >= 11 is 0.956. The molecule has 1 N–H and O–H groups in total. The summed E-state index contributed by atoms with van der Waals surface area (Å²) in [6.07, 6.45) is 7.40. The van der Waals surface area contributed by atoms with E-state index >= 15 is 0 Å². The summed E-state index contributed by atoms with van der Waals surface area (Å²) in [6.45, 7) is 0.537. The van der Waals surface area contributed by atoms with Crippen LogP contribution in [0.25, 0.3) is 6.08 Å². The smallest absolute Gasteiger partial charge is 0.293 e. The molecule has 1 aromatic carbocycles. The Labute approximate surface area is 163 Å². The van der Waals surface area contributed by atoms with Crippen molar-refractivity contribution in [3.8, 4) is 0 Å². The highest BCUT2D eigenvalue weighted by Gasteiger charge is 2.40.